The van der Waals surface area contributed by atoms with E-state index in [0.29, 0.717) is 22.5 Å². The molecule has 1 heterocycles. The second-order valence-electron chi connectivity index (χ2n) is 3.97. The van der Waals surface area contributed by atoms with Crippen LogP contribution in [-0.4, -0.2) is 9.97 Å². The third-order valence-electron chi connectivity index (χ3n) is 2.54. The number of benzene rings is 1. The number of nitrogen functional groups attached to an aromatic ring is 1. The van der Waals surface area contributed by atoms with Gasteiger partial charge >= 0.3 is 0 Å². The molecular weight excluding hydrogens is 330 g/mol. The van der Waals surface area contributed by atoms with Gasteiger partial charge in [0, 0.05) is 4.47 Å². The molecule has 100 valence electrons. The number of nitrogens with two attached hydrogens (primary N) is 1. The van der Waals surface area contributed by atoms with Crippen molar-refractivity contribution in [3.05, 3.63) is 39.6 Å². The third kappa shape index (κ3) is 3.36. The number of anilines is 1. The molecule has 0 unspecified atom stereocenters. The number of ether oxygens (including phenoxy) is 1. The van der Waals surface area contributed by atoms with Gasteiger partial charge in [-0.2, -0.15) is 0 Å². The van der Waals surface area contributed by atoms with Crippen molar-refractivity contribution in [2.75, 3.05) is 5.73 Å². The molecular formula is C13H13BrClN3O. The van der Waals surface area contributed by atoms with Crippen molar-refractivity contribution < 1.29 is 4.74 Å². The van der Waals surface area contributed by atoms with Crippen LogP contribution in [-0.2, 0) is 6.42 Å². The van der Waals surface area contributed by atoms with Gasteiger partial charge in [0.1, 0.15) is 17.9 Å². The number of rotatable bonds is 4. The summed E-state index contributed by atoms with van der Waals surface area (Å²) in [5.41, 5.74) is 6.66. The molecule has 0 atom stereocenters. The monoisotopic (exact) mass is 341 g/mol. The molecule has 2 N–H and O–H groups in total. The first-order valence-electron chi connectivity index (χ1n) is 5.84. The summed E-state index contributed by atoms with van der Waals surface area (Å²) in [5, 5.41) is 0.508. The highest BCUT2D eigenvalue weighted by atomic mass is 79.9. The van der Waals surface area contributed by atoms with Gasteiger partial charge in [-0.05, 0) is 24.6 Å². The molecule has 2 aromatic rings. The lowest BCUT2D eigenvalue weighted by atomic mass is 10.2. The van der Waals surface area contributed by atoms with Crippen molar-refractivity contribution in [1.29, 1.82) is 0 Å². The zero-order valence-electron chi connectivity index (χ0n) is 10.4. The fraction of sp³-hybridized carbons (Fsp3) is 0.231. The Balaban J connectivity index is 2.35. The first-order chi connectivity index (χ1) is 9.11. The van der Waals surface area contributed by atoms with E-state index in [1.165, 1.54) is 6.33 Å². The quantitative estimate of drug-likeness (QED) is 0.903. The fourth-order valence-corrected chi connectivity index (χ4v) is 2.36. The van der Waals surface area contributed by atoms with Gasteiger partial charge in [0.2, 0.25) is 5.88 Å². The highest BCUT2D eigenvalue weighted by Crippen LogP contribution is 2.33. The zero-order chi connectivity index (χ0) is 13.8. The molecule has 1 aromatic carbocycles. The van der Waals surface area contributed by atoms with E-state index in [1.54, 1.807) is 12.1 Å². The lowest BCUT2D eigenvalue weighted by Crippen LogP contribution is -2.02. The molecule has 0 aliphatic rings. The molecule has 2 rings (SSSR count). The second kappa shape index (κ2) is 6.21. The van der Waals surface area contributed by atoms with E-state index in [2.05, 4.69) is 32.8 Å². The molecule has 6 heteroatoms. The molecule has 0 aliphatic carbocycles. The van der Waals surface area contributed by atoms with E-state index < -0.39 is 0 Å². The molecule has 0 aliphatic heterocycles. The average molecular weight is 343 g/mol. The second-order valence-corrected chi connectivity index (χ2v) is 5.29. The van der Waals surface area contributed by atoms with Gasteiger partial charge in [-0.15, -0.1) is 0 Å². The van der Waals surface area contributed by atoms with Crippen LogP contribution >= 0.6 is 27.5 Å². The van der Waals surface area contributed by atoms with Crippen LogP contribution in [0.4, 0.5) is 5.82 Å². The van der Waals surface area contributed by atoms with E-state index in [1.807, 2.05) is 6.07 Å². The van der Waals surface area contributed by atoms with Gasteiger partial charge in [-0.1, -0.05) is 40.9 Å². The van der Waals surface area contributed by atoms with Crippen molar-refractivity contribution in [3.63, 3.8) is 0 Å². The van der Waals surface area contributed by atoms with Gasteiger partial charge < -0.3 is 10.5 Å². The Bertz CT molecular complexity index is 592. The molecule has 0 fully saturated rings. The van der Waals surface area contributed by atoms with Crippen LogP contribution in [0, 0.1) is 0 Å². The van der Waals surface area contributed by atoms with Crippen LogP contribution in [0.3, 0.4) is 0 Å². The summed E-state index contributed by atoms with van der Waals surface area (Å²) in [6, 6.07) is 5.40. The maximum Gasteiger partial charge on any atom is 0.227 e. The smallest absolute Gasteiger partial charge is 0.227 e. The largest absolute Gasteiger partial charge is 0.437 e. The van der Waals surface area contributed by atoms with Crippen molar-refractivity contribution in [2.24, 2.45) is 0 Å². The Kier molecular flexibility index (Phi) is 4.61. The topological polar surface area (TPSA) is 61.0 Å². The first kappa shape index (κ1) is 14.1. The maximum absolute atomic E-state index is 6.12. The minimum absolute atomic E-state index is 0.445. The van der Waals surface area contributed by atoms with Crippen LogP contribution in [0.25, 0.3) is 0 Å². The molecule has 0 saturated carbocycles. The number of halogens is 2. The van der Waals surface area contributed by atoms with Gasteiger partial charge in [0.15, 0.2) is 0 Å². The fourth-order valence-electron chi connectivity index (χ4n) is 1.64. The summed E-state index contributed by atoms with van der Waals surface area (Å²) in [7, 11) is 0. The predicted molar refractivity (Wildman–Crippen MR) is 79.7 cm³/mol. The number of hydrogen-bond acceptors (Lipinski definition) is 4. The Labute approximate surface area is 125 Å². The SMILES string of the molecule is CCCc1c(N)ncnc1Oc1ccc(Br)cc1Cl. The Hall–Kier alpha value is -1.33. The van der Waals surface area contributed by atoms with E-state index >= 15 is 0 Å². The lowest BCUT2D eigenvalue weighted by molar-refractivity contribution is 0.454. The highest BCUT2D eigenvalue weighted by Gasteiger charge is 2.12. The van der Waals surface area contributed by atoms with Crippen LogP contribution in [0.1, 0.15) is 18.9 Å². The molecule has 0 radical (unpaired) electrons. The van der Waals surface area contributed by atoms with E-state index in [4.69, 9.17) is 22.1 Å². The van der Waals surface area contributed by atoms with E-state index in [-0.39, 0.29) is 0 Å². The summed E-state index contributed by atoms with van der Waals surface area (Å²) in [4.78, 5) is 8.12. The molecule has 1 aromatic heterocycles. The maximum atomic E-state index is 6.12. The Morgan fingerprint density at radius 2 is 2.16 bits per heavy atom. The third-order valence-corrected chi connectivity index (χ3v) is 3.33. The highest BCUT2D eigenvalue weighted by molar-refractivity contribution is 9.10. The molecule has 4 nitrogen and oxygen atoms in total. The minimum atomic E-state index is 0.445. The molecule has 0 spiro atoms. The van der Waals surface area contributed by atoms with Crippen molar-refractivity contribution in [1.82, 2.24) is 9.97 Å². The molecule has 0 bridgehead atoms. The average Bonchev–Trinajstić information content (AvgIpc) is 2.37. The number of hydrogen-bond donors (Lipinski definition) is 1. The van der Waals surface area contributed by atoms with Crippen LogP contribution in [0.15, 0.2) is 29.0 Å². The van der Waals surface area contributed by atoms with Gasteiger partial charge in [0.05, 0.1) is 10.6 Å². The predicted octanol–water partition coefficient (Wildman–Crippen LogP) is 4.22. The Morgan fingerprint density at radius 3 is 2.84 bits per heavy atom. The lowest BCUT2D eigenvalue weighted by Gasteiger charge is -2.11. The molecule has 0 amide bonds. The van der Waals surface area contributed by atoms with E-state index in [9.17, 15) is 0 Å². The van der Waals surface area contributed by atoms with Gasteiger partial charge in [0.25, 0.3) is 0 Å². The summed E-state index contributed by atoms with van der Waals surface area (Å²) >= 11 is 9.47. The van der Waals surface area contributed by atoms with Gasteiger partial charge in [-0.3, -0.25) is 0 Å². The normalized spacial score (nSPS) is 10.5. The van der Waals surface area contributed by atoms with E-state index in [0.717, 1.165) is 22.9 Å². The molecule has 0 saturated heterocycles. The van der Waals surface area contributed by atoms with Crippen LogP contribution in [0.5, 0.6) is 11.6 Å². The summed E-state index contributed by atoms with van der Waals surface area (Å²) in [5.74, 6) is 1.44. The zero-order valence-corrected chi connectivity index (χ0v) is 12.7. The number of aromatic nitrogens is 2. The summed E-state index contributed by atoms with van der Waals surface area (Å²) < 4.78 is 6.63. The first-order valence-corrected chi connectivity index (χ1v) is 7.01. The summed E-state index contributed by atoms with van der Waals surface area (Å²) in [6.07, 6.45) is 3.08. The molecule has 19 heavy (non-hydrogen) atoms. The van der Waals surface area contributed by atoms with Gasteiger partial charge in [-0.25, -0.2) is 9.97 Å². The van der Waals surface area contributed by atoms with Crippen LogP contribution in [0.2, 0.25) is 5.02 Å². The van der Waals surface area contributed by atoms with Crippen molar-refractivity contribution in [2.45, 2.75) is 19.8 Å². The summed E-state index contributed by atoms with van der Waals surface area (Å²) in [6.45, 7) is 2.06. The van der Waals surface area contributed by atoms with Crippen LogP contribution < -0.4 is 10.5 Å². The Morgan fingerprint density at radius 1 is 1.37 bits per heavy atom. The number of nitrogens with zero attached hydrogens (tertiary/aromatic N) is 2. The standard InChI is InChI=1S/C13H13BrClN3O/c1-2-3-9-12(16)17-7-18-13(9)19-11-5-4-8(14)6-10(11)15/h4-7H,2-3H2,1H3,(H2,16,17,18). The minimum Gasteiger partial charge on any atom is -0.437 e. The van der Waals surface area contributed by atoms with Crippen molar-refractivity contribution in [3.8, 4) is 11.6 Å². The van der Waals surface area contributed by atoms with Crippen molar-refractivity contribution >= 4 is 33.3 Å².